The summed E-state index contributed by atoms with van der Waals surface area (Å²) in [6.45, 7) is 0.188. The second kappa shape index (κ2) is 7.69. The van der Waals surface area contributed by atoms with E-state index in [4.69, 9.17) is 10.2 Å². The molecule has 0 atom stereocenters. The summed E-state index contributed by atoms with van der Waals surface area (Å²) in [5, 5.41) is 15.8. The summed E-state index contributed by atoms with van der Waals surface area (Å²) in [4.78, 5) is 10.2. The van der Waals surface area contributed by atoms with E-state index in [2.05, 4.69) is 0 Å². The average molecular weight is 160 g/mol. The number of carbonyl (C=O) groups excluding carboxylic acids is 1. The van der Waals surface area contributed by atoms with Crippen molar-refractivity contribution in [1.29, 1.82) is 0 Å². The molecule has 0 unspecified atom stereocenters. The molecular formula is C8H16O3. The Morgan fingerprint density at radius 1 is 1.09 bits per heavy atom. The Kier molecular flexibility index (Phi) is 7.41. The molecule has 1 fully saturated rings. The van der Waals surface area contributed by atoms with Crippen LogP contribution in [-0.2, 0) is 4.79 Å². The first-order valence-corrected chi connectivity index (χ1v) is 4.04. The summed E-state index contributed by atoms with van der Waals surface area (Å²) in [6.07, 6.45) is 4.47. The van der Waals surface area contributed by atoms with Gasteiger partial charge in [-0.2, -0.15) is 0 Å². The second-order valence-corrected chi connectivity index (χ2v) is 2.55. The number of ketones is 1. The van der Waals surface area contributed by atoms with Gasteiger partial charge in [0.15, 0.2) is 0 Å². The zero-order valence-electron chi connectivity index (χ0n) is 6.75. The second-order valence-electron chi connectivity index (χ2n) is 2.55. The molecule has 3 heteroatoms. The molecule has 0 radical (unpaired) electrons. The first-order chi connectivity index (χ1) is 5.31. The lowest BCUT2D eigenvalue weighted by Gasteiger charge is -1.79. The predicted molar refractivity (Wildman–Crippen MR) is 42.3 cm³/mol. The van der Waals surface area contributed by atoms with Crippen LogP contribution in [0.1, 0.15) is 32.1 Å². The third kappa shape index (κ3) is 7.49. The summed E-state index contributed by atoms with van der Waals surface area (Å²) in [5.74, 6) is 0.454. The van der Waals surface area contributed by atoms with Crippen molar-refractivity contribution >= 4 is 5.78 Å². The third-order valence-electron chi connectivity index (χ3n) is 1.48. The molecule has 66 valence electrons. The molecule has 0 aliphatic heterocycles. The van der Waals surface area contributed by atoms with Crippen LogP contribution in [0.15, 0.2) is 0 Å². The number of Topliss-reactive ketones (excluding diaryl/α,β-unsaturated/α-hetero) is 1. The smallest absolute Gasteiger partial charge is 0.132 e. The summed E-state index contributed by atoms with van der Waals surface area (Å²) < 4.78 is 0. The molecule has 1 aliphatic carbocycles. The molecule has 0 heterocycles. The van der Waals surface area contributed by atoms with Gasteiger partial charge in [-0.05, 0) is 19.3 Å². The van der Waals surface area contributed by atoms with Gasteiger partial charge in [0, 0.05) is 26.1 Å². The van der Waals surface area contributed by atoms with E-state index in [1.54, 1.807) is 0 Å². The Morgan fingerprint density at radius 2 is 1.55 bits per heavy atom. The molecule has 1 rings (SSSR count). The first kappa shape index (κ1) is 10.6. The average Bonchev–Trinajstić information content (AvgIpc) is 2.43. The Morgan fingerprint density at radius 3 is 1.64 bits per heavy atom. The molecule has 0 spiro atoms. The highest BCUT2D eigenvalue weighted by atomic mass is 16.3. The molecule has 0 aromatic heterocycles. The third-order valence-corrected chi connectivity index (χ3v) is 1.48. The minimum atomic E-state index is 0.0938. The van der Waals surface area contributed by atoms with Crippen LogP contribution < -0.4 is 0 Å². The maximum absolute atomic E-state index is 10.2. The number of hydrogen-bond acceptors (Lipinski definition) is 3. The van der Waals surface area contributed by atoms with Gasteiger partial charge in [0.1, 0.15) is 5.78 Å². The molecule has 1 aliphatic rings. The lowest BCUT2D eigenvalue weighted by Crippen LogP contribution is -1.85. The molecule has 0 aromatic rings. The van der Waals surface area contributed by atoms with Crippen molar-refractivity contribution in [1.82, 2.24) is 0 Å². The minimum absolute atomic E-state index is 0.0938. The van der Waals surface area contributed by atoms with Crippen LogP contribution in [0.2, 0.25) is 0 Å². The van der Waals surface area contributed by atoms with Crippen LogP contribution >= 0.6 is 0 Å². The van der Waals surface area contributed by atoms with Crippen LogP contribution in [0, 0.1) is 0 Å². The molecule has 2 N–H and O–H groups in total. The quantitative estimate of drug-likeness (QED) is 0.618. The zero-order valence-corrected chi connectivity index (χ0v) is 6.75. The van der Waals surface area contributed by atoms with Crippen molar-refractivity contribution in [2.75, 3.05) is 13.2 Å². The largest absolute Gasteiger partial charge is 0.396 e. The normalized spacial score (nSPS) is 16.0. The standard InChI is InChI=1S/C5H8O.C3H8O2/c6-5-3-1-2-4-5;4-2-1-3-5/h1-4H2;4-5H,1-3H2. The monoisotopic (exact) mass is 160 g/mol. The van der Waals surface area contributed by atoms with E-state index >= 15 is 0 Å². The van der Waals surface area contributed by atoms with E-state index in [0.29, 0.717) is 12.2 Å². The fourth-order valence-corrected chi connectivity index (χ4v) is 0.840. The van der Waals surface area contributed by atoms with Crippen LogP contribution in [0.25, 0.3) is 0 Å². The molecule has 0 aromatic carbocycles. The van der Waals surface area contributed by atoms with E-state index < -0.39 is 0 Å². The van der Waals surface area contributed by atoms with Gasteiger partial charge in [-0.1, -0.05) is 0 Å². The van der Waals surface area contributed by atoms with E-state index in [-0.39, 0.29) is 13.2 Å². The minimum Gasteiger partial charge on any atom is -0.396 e. The van der Waals surface area contributed by atoms with Gasteiger partial charge >= 0.3 is 0 Å². The molecule has 11 heavy (non-hydrogen) atoms. The van der Waals surface area contributed by atoms with E-state index in [1.165, 1.54) is 0 Å². The van der Waals surface area contributed by atoms with Gasteiger partial charge in [-0.3, -0.25) is 4.79 Å². The van der Waals surface area contributed by atoms with Gasteiger partial charge in [-0.25, -0.2) is 0 Å². The topological polar surface area (TPSA) is 57.5 Å². The molecule has 0 bridgehead atoms. The van der Waals surface area contributed by atoms with Crippen molar-refractivity contribution < 1.29 is 15.0 Å². The summed E-state index contributed by atoms with van der Waals surface area (Å²) in [6, 6.07) is 0. The molecule has 3 nitrogen and oxygen atoms in total. The SMILES string of the molecule is O=C1CCCC1.OCCCO. The van der Waals surface area contributed by atoms with Crippen LogP contribution in [0.4, 0.5) is 0 Å². The highest BCUT2D eigenvalue weighted by Crippen LogP contribution is 2.11. The molecule has 1 saturated carbocycles. The maximum atomic E-state index is 10.2. The fraction of sp³-hybridized carbons (Fsp3) is 0.875. The van der Waals surface area contributed by atoms with Gasteiger partial charge in [0.2, 0.25) is 0 Å². The Balaban J connectivity index is 0.000000187. The highest BCUT2D eigenvalue weighted by Gasteiger charge is 2.07. The summed E-state index contributed by atoms with van der Waals surface area (Å²) in [7, 11) is 0. The van der Waals surface area contributed by atoms with Crippen molar-refractivity contribution in [3.63, 3.8) is 0 Å². The van der Waals surface area contributed by atoms with Crippen molar-refractivity contribution in [3.8, 4) is 0 Å². The van der Waals surface area contributed by atoms with Crippen molar-refractivity contribution in [2.45, 2.75) is 32.1 Å². The Labute approximate surface area is 67.0 Å². The predicted octanol–water partition coefficient (Wildman–Crippen LogP) is 0.491. The van der Waals surface area contributed by atoms with Crippen molar-refractivity contribution in [2.24, 2.45) is 0 Å². The maximum Gasteiger partial charge on any atom is 0.132 e. The number of hydrogen-bond donors (Lipinski definition) is 2. The van der Waals surface area contributed by atoms with E-state index in [1.807, 2.05) is 0 Å². The number of aliphatic hydroxyl groups is 2. The van der Waals surface area contributed by atoms with Crippen LogP contribution in [0.3, 0.4) is 0 Å². The summed E-state index contributed by atoms with van der Waals surface area (Å²) >= 11 is 0. The lowest BCUT2D eigenvalue weighted by atomic mass is 10.4. The lowest BCUT2D eigenvalue weighted by molar-refractivity contribution is -0.117. The van der Waals surface area contributed by atoms with E-state index in [0.717, 1.165) is 25.7 Å². The van der Waals surface area contributed by atoms with Crippen molar-refractivity contribution in [3.05, 3.63) is 0 Å². The number of rotatable bonds is 2. The van der Waals surface area contributed by atoms with Gasteiger partial charge in [0.05, 0.1) is 0 Å². The van der Waals surface area contributed by atoms with Gasteiger partial charge in [0.25, 0.3) is 0 Å². The molecular weight excluding hydrogens is 144 g/mol. The van der Waals surface area contributed by atoms with Crippen LogP contribution in [0.5, 0.6) is 0 Å². The first-order valence-electron chi connectivity index (χ1n) is 4.04. The van der Waals surface area contributed by atoms with Gasteiger partial charge < -0.3 is 10.2 Å². The summed E-state index contributed by atoms with van der Waals surface area (Å²) in [5.41, 5.74) is 0. The molecule has 0 amide bonds. The number of aliphatic hydroxyl groups excluding tert-OH is 2. The highest BCUT2D eigenvalue weighted by molar-refractivity contribution is 5.79. The zero-order chi connectivity index (χ0) is 8.53. The number of carbonyl (C=O) groups is 1. The molecule has 0 saturated heterocycles. The Bertz CT molecular complexity index is 91.5. The van der Waals surface area contributed by atoms with E-state index in [9.17, 15) is 4.79 Å². The van der Waals surface area contributed by atoms with Gasteiger partial charge in [-0.15, -0.1) is 0 Å². The van der Waals surface area contributed by atoms with Crippen LogP contribution in [-0.4, -0.2) is 29.2 Å². The fourth-order valence-electron chi connectivity index (χ4n) is 0.840. The Hall–Kier alpha value is -0.410.